The molecule has 0 amide bonds. The quantitative estimate of drug-likeness (QED) is 0.538. The molecule has 6 nitrogen and oxygen atoms in total. The molecule has 21 heavy (non-hydrogen) atoms. The average Bonchev–Trinajstić information content (AvgIpc) is 2.43. The summed E-state index contributed by atoms with van der Waals surface area (Å²) in [6.45, 7) is 1.61. The zero-order valence-corrected chi connectivity index (χ0v) is 13.9. The van der Waals surface area contributed by atoms with Gasteiger partial charge in [-0.3, -0.25) is 11.3 Å². The lowest BCUT2D eigenvalue weighted by Crippen LogP contribution is -2.28. The SMILES string of the molecule is CCS(=O)(=O)CCCC(NN)c1cccc(S(C)(=O)=O)c1. The molecule has 1 unspecified atom stereocenters. The van der Waals surface area contributed by atoms with E-state index < -0.39 is 19.7 Å². The average molecular weight is 334 g/mol. The molecule has 0 aliphatic heterocycles. The summed E-state index contributed by atoms with van der Waals surface area (Å²) in [7, 11) is -6.28. The Labute approximate surface area is 126 Å². The molecule has 0 saturated carbocycles. The van der Waals surface area contributed by atoms with Crippen LogP contribution in [0, 0.1) is 0 Å². The van der Waals surface area contributed by atoms with E-state index in [1.807, 2.05) is 0 Å². The Kier molecular flexibility index (Phi) is 6.33. The second kappa shape index (κ2) is 7.35. The Morgan fingerprint density at radius 3 is 2.43 bits per heavy atom. The second-order valence-electron chi connectivity index (χ2n) is 4.94. The minimum Gasteiger partial charge on any atom is -0.271 e. The van der Waals surface area contributed by atoms with Crippen LogP contribution in [-0.4, -0.2) is 34.6 Å². The second-order valence-corrected chi connectivity index (χ2v) is 9.43. The lowest BCUT2D eigenvalue weighted by molar-refractivity contribution is 0.506. The van der Waals surface area contributed by atoms with Crippen LogP contribution in [0.4, 0.5) is 0 Å². The molecule has 1 atom stereocenters. The van der Waals surface area contributed by atoms with E-state index in [1.165, 1.54) is 6.07 Å². The Bertz CT molecular complexity index is 669. The van der Waals surface area contributed by atoms with E-state index >= 15 is 0 Å². The van der Waals surface area contributed by atoms with Gasteiger partial charge in [-0.25, -0.2) is 16.8 Å². The molecule has 0 aromatic heterocycles. The third-order valence-electron chi connectivity index (χ3n) is 3.28. The van der Waals surface area contributed by atoms with Crippen LogP contribution >= 0.6 is 0 Å². The Balaban J connectivity index is 2.82. The molecule has 0 radical (unpaired) electrons. The smallest absolute Gasteiger partial charge is 0.175 e. The third kappa shape index (κ3) is 5.74. The predicted octanol–water partition coefficient (Wildman–Crippen LogP) is 0.809. The van der Waals surface area contributed by atoms with Gasteiger partial charge in [-0.2, -0.15) is 0 Å². The highest BCUT2D eigenvalue weighted by Crippen LogP contribution is 2.21. The number of sulfone groups is 2. The number of benzene rings is 1. The van der Waals surface area contributed by atoms with Crippen LogP contribution in [0.25, 0.3) is 0 Å². The third-order valence-corrected chi connectivity index (χ3v) is 6.18. The van der Waals surface area contributed by atoms with E-state index in [1.54, 1.807) is 25.1 Å². The van der Waals surface area contributed by atoms with E-state index in [2.05, 4.69) is 5.43 Å². The summed E-state index contributed by atoms with van der Waals surface area (Å²) in [4.78, 5) is 0.224. The molecule has 3 N–H and O–H groups in total. The van der Waals surface area contributed by atoms with Crippen LogP contribution in [0.5, 0.6) is 0 Å². The van der Waals surface area contributed by atoms with Gasteiger partial charge >= 0.3 is 0 Å². The van der Waals surface area contributed by atoms with Gasteiger partial charge in [0.15, 0.2) is 9.84 Å². The van der Waals surface area contributed by atoms with Crippen molar-refractivity contribution in [1.82, 2.24) is 5.43 Å². The summed E-state index contributed by atoms with van der Waals surface area (Å²) in [5, 5.41) is 0. The van der Waals surface area contributed by atoms with Gasteiger partial charge in [0, 0.05) is 18.1 Å². The number of hydrogen-bond acceptors (Lipinski definition) is 6. The molecule has 0 fully saturated rings. The van der Waals surface area contributed by atoms with Crippen LogP contribution in [0.15, 0.2) is 29.2 Å². The van der Waals surface area contributed by atoms with Gasteiger partial charge in [0.05, 0.1) is 10.6 Å². The Morgan fingerprint density at radius 2 is 1.90 bits per heavy atom. The molecule has 1 rings (SSSR count). The minimum atomic E-state index is -3.28. The van der Waals surface area contributed by atoms with E-state index in [0.29, 0.717) is 12.8 Å². The number of hydrazine groups is 1. The fraction of sp³-hybridized carbons (Fsp3) is 0.538. The molecule has 0 saturated heterocycles. The first-order valence-electron chi connectivity index (χ1n) is 6.66. The van der Waals surface area contributed by atoms with Crippen LogP contribution in [0.1, 0.15) is 31.4 Å². The van der Waals surface area contributed by atoms with Crippen molar-refractivity contribution in [3.8, 4) is 0 Å². The standard InChI is InChI=1S/C13H22N2O4S2/c1-3-21(18,19)9-5-8-13(15-14)11-6-4-7-12(10-11)20(2,16)17/h4,6-7,10,13,15H,3,5,8-9,14H2,1-2H3. The summed E-state index contributed by atoms with van der Waals surface area (Å²) in [5.41, 5.74) is 3.34. The van der Waals surface area contributed by atoms with Gasteiger partial charge < -0.3 is 0 Å². The molecular formula is C13H22N2O4S2. The largest absolute Gasteiger partial charge is 0.271 e. The maximum atomic E-state index is 11.5. The molecular weight excluding hydrogens is 312 g/mol. The molecule has 0 aliphatic carbocycles. The molecule has 0 bridgehead atoms. The van der Waals surface area contributed by atoms with Gasteiger partial charge in [0.1, 0.15) is 9.84 Å². The highest BCUT2D eigenvalue weighted by Gasteiger charge is 2.15. The van der Waals surface area contributed by atoms with E-state index in [9.17, 15) is 16.8 Å². The van der Waals surface area contributed by atoms with Crippen molar-refractivity contribution in [3.63, 3.8) is 0 Å². The number of hydrogen-bond donors (Lipinski definition) is 2. The van der Waals surface area contributed by atoms with Gasteiger partial charge in [-0.05, 0) is 30.5 Å². The monoisotopic (exact) mass is 334 g/mol. The van der Waals surface area contributed by atoms with Gasteiger partial charge in [-0.1, -0.05) is 19.1 Å². The van der Waals surface area contributed by atoms with E-state index in [-0.39, 0.29) is 22.4 Å². The highest BCUT2D eigenvalue weighted by atomic mass is 32.2. The van der Waals surface area contributed by atoms with Gasteiger partial charge in [-0.15, -0.1) is 0 Å². The minimum absolute atomic E-state index is 0.105. The molecule has 0 heterocycles. The first-order valence-corrected chi connectivity index (χ1v) is 10.4. The normalized spacial score (nSPS) is 14.0. The summed E-state index contributed by atoms with van der Waals surface area (Å²) < 4.78 is 46.0. The van der Waals surface area contributed by atoms with Crippen LogP contribution < -0.4 is 11.3 Å². The van der Waals surface area contributed by atoms with Gasteiger partial charge in [0.25, 0.3) is 0 Å². The van der Waals surface area contributed by atoms with E-state index in [0.717, 1.165) is 11.8 Å². The first-order chi connectivity index (χ1) is 9.69. The number of nitrogens with one attached hydrogen (secondary N) is 1. The van der Waals surface area contributed by atoms with Crippen molar-refractivity contribution in [1.29, 1.82) is 0 Å². The predicted molar refractivity (Wildman–Crippen MR) is 83.2 cm³/mol. The molecule has 8 heteroatoms. The summed E-state index contributed by atoms with van der Waals surface area (Å²) in [6.07, 6.45) is 2.13. The number of rotatable bonds is 8. The highest BCUT2D eigenvalue weighted by molar-refractivity contribution is 7.91. The molecule has 1 aromatic carbocycles. The summed E-state index contributed by atoms with van der Waals surface area (Å²) >= 11 is 0. The molecule has 0 spiro atoms. The topological polar surface area (TPSA) is 106 Å². The van der Waals surface area contributed by atoms with Crippen molar-refractivity contribution in [3.05, 3.63) is 29.8 Å². The van der Waals surface area contributed by atoms with Crippen LogP contribution in [0.3, 0.4) is 0 Å². The van der Waals surface area contributed by atoms with E-state index in [4.69, 9.17) is 5.84 Å². The van der Waals surface area contributed by atoms with Crippen molar-refractivity contribution < 1.29 is 16.8 Å². The fourth-order valence-electron chi connectivity index (χ4n) is 1.96. The van der Waals surface area contributed by atoms with Crippen molar-refractivity contribution >= 4 is 19.7 Å². The van der Waals surface area contributed by atoms with Gasteiger partial charge in [0.2, 0.25) is 0 Å². The lowest BCUT2D eigenvalue weighted by atomic mass is 10.0. The summed E-state index contributed by atoms with van der Waals surface area (Å²) in [5.74, 6) is 5.72. The fourth-order valence-corrected chi connectivity index (χ4v) is 3.53. The van der Waals surface area contributed by atoms with Crippen molar-refractivity contribution in [2.75, 3.05) is 17.8 Å². The maximum absolute atomic E-state index is 11.5. The summed E-state index contributed by atoms with van der Waals surface area (Å²) in [6, 6.07) is 6.23. The zero-order chi connectivity index (χ0) is 16.1. The zero-order valence-electron chi connectivity index (χ0n) is 12.2. The first kappa shape index (κ1) is 18.1. The Hall–Kier alpha value is -0.960. The van der Waals surface area contributed by atoms with Crippen LogP contribution in [-0.2, 0) is 19.7 Å². The van der Waals surface area contributed by atoms with Crippen LogP contribution in [0.2, 0.25) is 0 Å². The Morgan fingerprint density at radius 1 is 1.24 bits per heavy atom. The maximum Gasteiger partial charge on any atom is 0.175 e. The van der Waals surface area contributed by atoms with Crippen molar-refractivity contribution in [2.24, 2.45) is 5.84 Å². The van der Waals surface area contributed by atoms with Crippen molar-refractivity contribution in [2.45, 2.75) is 30.7 Å². The molecule has 120 valence electrons. The number of nitrogens with two attached hydrogens (primary N) is 1. The lowest BCUT2D eigenvalue weighted by Gasteiger charge is -2.17. The molecule has 1 aromatic rings. The molecule has 0 aliphatic rings.